The van der Waals surface area contributed by atoms with Gasteiger partial charge in [0.2, 0.25) is 5.91 Å². The molecule has 0 radical (unpaired) electrons. The molecule has 2 fully saturated rings. The van der Waals surface area contributed by atoms with E-state index in [2.05, 4.69) is 5.32 Å². The number of aliphatic hydroxyl groups is 6. The maximum absolute atomic E-state index is 11.6. The van der Waals surface area contributed by atoms with Crippen molar-refractivity contribution >= 4 is 5.91 Å². The number of rotatable bonds is 6. The normalized spacial score (nSPS) is 44.5. The lowest BCUT2D eigenvalue weighted by molar-refractivity contribution is -0.337. The zero-order chi connectivity index (χ0) is 21.2. The van der Waals surface area contributed by atoms with Crippen LogP contribution in [0.1, 0.15) is 20.8 Å². The number of amides is 1. The van der Waals surface area contributed by atoms with Gasteiger partial charge >= 0.3 is 0 Å². The second-order valence-corrected chi connectivity index (χ2v) is 7.58. The third kappa shape index (κ3) is 4.81. The van der Waals surface area contributed by atoms with Crippen LogP contribution in [0.25, 0.3) is 0 Å². The standard InChI is InChI=1S/C17H31NO10/c1-6(2)15-10(18-7(3)21)12(23)16(9(5-20)26-15)28-17-14(25)13(24)11(22)8(4-19)27-17/h6,8-17,19-20,22-25H,4-5H2,1-3H3,(H,18,21)/t8?,9?,10-,11-,12?,13?,14-,15-,16+,17-/m0/s1. The maximum atomic E-state index is 11.6. The highest BCUT2D eigenvalue weighted by molar-refractivity contribution is 5.73. The molecule has 2 heterocycles. The van der Waals surface area contributed by atoms with Crippen molar-refractivity contribution in [3.63, 3.8) is 0 Å². The van der Waals surface area contributed by atoms with E-state index in [1.165, 1.54) is 6.92 Å². The number of aliphatic hydroxyl groups excluding tert-OH is 6. The maximum Gasteiger partial charge on any atom is 0.217 e. The summed E-state index contributed by atoms with van der Waals surface area (Å²) in [5.41, 5.74) is 0. The Bertz CT molecular complexity index is 518. The first kappa shape index (κ1) is 23.4. The van der Waals surface area contributed by atoms with Crippen LogP contribution in [0.2, 0.25) is 0 Å². The van der Waals surface area contributed by atoms with E-state index < -0.39 is 80.3 Å². The average Bonchev–Trinajstić information content (AvgIpc) is 2.64. The van der Waals surface area contributed by atoms with Crippen molar-refractivity contribution in [2.24, 2.45) is 5.92 Å². The minimum absolute atomic E-state index is 0.103. The van der Waals surface area contributed by atoms with Crippen LogP contribution in [0.3, 0.4) is 0 Å². The minimum atomic E-state index is -1.67. The van der Waals surface area contributed by atoms with E-state index >= 15 is 0 Å². The minimum Gasteiger partial charge on any atom is -0.394 e. The number of carbonyl (C=O) groups excluding carboxylic acids is 1. The van der Waals surface area contributed by atoms with Crippen molar-refractivity contribution in [3.8, 4) is 0 Å². The SMILES string of the molecule is CC(=O)N[C@H]1C(O)[C@H](O[C@@H]2OC(CO)[C@H](O)C(O)[C@@H]2O)C(CO)O[C@H]1C(C)C. The molecule has 0 aliphatic carbocycles. The Labute approximate surface area is 162 Å². The van der Waals surface area contributed by atoms with Gasteiger partial charge in [-0.3, -0.25) is 4.79 Å². The second-order valence-electron chi connectivity index (χ2n) is 7.58. The molecule has 0 saturated carbocycles. The average molecular weight is 409 g/mol. The fraction of sp³-hybridized carbons (Fsp3) is 0.941. The first-order chi connectivity index (χ1) is 13.1. The van der Waals surface area contributed by atoms with Crippen LogP contribution >= 0.6 is 0 Å². The molecule has 4 unspecified atom stereocenters. The van der Waals surface area contributed by atoms with E-state index in [1.54, 1.807) is 0 Å². The second kappa shape index (κ2) is 9.74. The molecule has 11 nitrogen and oxygen atoms in total. The largest absolute Gasteiger partial charge is 0.394 e. The van der Waals surface area contributed by atoms with Gasteiger partial charge in [-0.05, 0) is 5.92 Å². The fourth-order valence-electron chi connectivity index (χ4n) is 3.61. The van der Waals surface area contributed by atoms with Gasteiger partial charge in [0.05, 0.1) is 25.4 Å². The van der Waals surface area contributed by atoms with Crippen molar-refractivity contribution in [1.29, 1.82) is 0 Å². The molecular formula is C17H31NO10. The van der Waals surface area contributed by atoms with Gasteiger partial charge in [0.1, 0.15) is 42.7 Å². The monoisotopic (exact) mass is 409 g/mol. The lowest BCUT2D eigenvalue weighted by Gasteiger charge is -2.48. The van der Waals surface area contributed by atoms with Crippen LogP contribution < -0.4 is 5.32 Å². The summed E-state index contributed by atoms with van der Waals surface area (Å²) in [7, 11) is 0. The Morgan fingerprint density at radius 3 is 2.07 bits per heavy atom. The van der Waals surface area contributed by atoms with E-state index in [1.807, 2.05) is 13.8 Å². The fourth-order valence-corrected chi connectivity index (χ4v) is 3.61. The predicted molar refractivity (Wildman–Crippen MR) is 92.8 cm³/mol. The van der Waals surface area contributed by atoms with Gasteiger partial charge in [0, 0.05) is 6.92 Å². The van der Waals surface area contributed by atoms with E-state index in [-0.39, 0.29) is 5.92 Å². The Morgan fingerprint density at radius 2 is 1.57 bits per heavy atom. The van der Waals surface area contributed by atoms with Gasteiger partial charge in [0.25, 0.3) is 0 Å². The highest BCUT2D eigenvalue weighted by atomic mass is 16.7. The van der Waals surface area contributed by atoms with Crippen LogP contribution in [0, 0.1) is 5.92 Å². The van der Waals surface area contributed by atoms with Gasteiger partial charge in [-0.25, -0.2) is 0 Å². The van der Waals surface area contributed by atoms with Crippen molar-refractivity contribution < 1.29 is 49.6 Å². The zero-order valence-electron chi connectivity index (χ0n) is 16.1. The van der Waals surface area contributed by atoms with Crippen molar-refractivity contribution in [2.45, 2.75) is 81.9 Å². The Balaban J connectivity index is 2.22. The van der Waals surface area contributed by atoms with Crippen molar-refractivity contribution in [2.75, 3.05) is 13.2 Å². The molecule has 2 aliphatic rings. The summed E-state index contributed by atoms with van der Waals surface area (Å²) in [6, 6.07) is -0.852. The van der Waals surface area contributed by atoms with Crippen molar-refractivity contribution in [3.05, 3.63) is 0 Å². The molecule has 164 valence electrons. The van der Waals surface area contributed by atoms with Gasteiger partial charge in [-0.2, -0.15) is 0 Å². The van der Waals surface area contributed by atoms with Gasteiger partial charge < -0.3 is 50.2 Å². The lowest BCUT2D eigenvalue weighted by atomic mass is 9.87. The molecule has 28 heavy (non-hydrogen) atoms. The Hall–Kier alpha value is -0.890. The highest BCUT2D eigenvalue weighted by Crippen LogP contribution is 2.31. The van der Waals surface area contributed by atoms with Crippen LogP contribution in [0.15, 0.2) is 0 Å². The summed E-state index contributed by atoms with van der Waals surface area (Å²) in [5.74, 6) is -0.499. The summed E-state index contributed by atoms with van der Waals surface area (Å²) in [6.07, 6.45) is -11.7. The summed E-state index contributed by atoms with van der Waals surface area (Å²) in [5, 5.41) is 62.3. The van der Waals surface area contributed by atoms with E-state index in [0.29, 0.717) is 0 Å². The lowest BCUT2D eigenvalue weighted by Crippen LogP contribution is -2.68. The first-order valence-corrected chi connectivity index (χ1v) is 9.29. The van der Waals surface area contributed by atoms with Crippen LogP contribution in [0.4, 0.5) is 0 Å². The summed E-state index contributed by atoms with van der Waals surface area (Å²) >= 11 is 0. The summed E-state index contributed by atoms with van der Waals surface area (Å²) in [4.78, 5) is 11.6. The smallest absolute Gasteiger partial charge is 0.217 e. The van der Waals surface area contributed by atoms with Crippen molar-refractivity contribution in [1.82, 2.24) is 5.32 Å². The molecule has 0 bridgehead atoms. The van der Waals surface area contributed by atoms with Crippen LogP contribution in [-0.4, -0.2) is 111 Å². The van der Waals surface area contributed by atoms with Crippen LogP contribution in [-0.2, 0) is 19.0 Å². The molecule has 0 aromatic carbocycles. The van der Waals surface area contributed by atoms with E-state index in [4.69, 9.17) is 14.2 Å². The molecule has 1 amide bonds. The molecule has 0 spiro atoms. The van der Waals surface area contributed by atoms with E-state index in [9.17, 15) is 35.4 Å². The topological polar surface area (TPSA) is 178 Å². The molecule has 10 atom stereocenters. The number of nitrogens with one attached hydrogen (secondary N) is 1. The van der Waals surface area contributed by atoms with Crippen LogP contribution in [0.5, 0.6) is 0 Å². The molecular weight excluding hydrogens is 378 g/mol. The third-order valence-electron chi connectivity index (χ3n) is 5.10. The molecule has 2 rings (SSSR count). The zero-order valence-corrected chi connectivity index (χ0v) is 16.1. The van der Waals surface area contributed by atoms with Gasteiger partial charge in [-0.1, -0.05) is 13.8 Å². The number of ether oxygens (including phenoxy) is 3. The molecule has 2 saturated heterocycles. The Kier molecular flexibility index (Phi) is 8.14. The first-order valence-electron chi connectivity index (χ1n) is 9.29. The predicted octanol–water partition coefficient (Wildman–Crippen LogP) is -3.55. The molecule has 0 aromatic heterocycles. The quantitative estimate of drug-likeness (QED) is 0.232. The van der Waals surface area contributed by atoms with Gasteiger partial charge in [0.15, 0.2) is 6.29 Å². The van der Waals surface area contributed by atoms with E-state index in [0.717, 1.165) is 0 Å². The molecule has 11 heteroatoms. The molecule has 2 aliphatic heterocycles. The third-order valence-corrected chi connectivity index (χ3v) is 5.10. The number of hydrogen-bond acceptors (Lipinski definition) is 10. The summed E-state index contributed by atoms with van der Waals surface area (Å²) < 4.78 is 16.7. The molecule has 7 N–H and O–H groups in total. The summed E-state index contributed by atoms with van der Waals surface area (Å²) in [6.45, 7) is 3.80. The van der Waals surface area contributed by atoms with Gasteiger partial charge in [-0.15, -0.1) is 0 Å². The molecule has 0 aromatic rings. The number of hydrogen-bond donors (Lipinski definition) is 7. The number of carbonyl (C=O) groups is 1. The highest BCUT2D eigenvalue weighted by Gasteiger charge is 2.51. The Morgan fingerprint density at radius 1 is 0.964 bits per heavy atom.